The first-order valence-corrected chi connectivity index (χ1v) is 11.4. The van der Waals surface area contributed by atoms with E-state index < -0.39 is 35.8 Å². The van der Waals surface area contributed by atoms with E-state index in [4.69, 9.17) is 11.6 Å². The predicted molar refractivity (Wildman–Crippen MR) is 128 cm³/mol. The highest BCUT2D eigenvalue weighted by Gasteiger charge is 2.26. The third-order valence-electron chi connectivity index (χ3n) is 5.12. The van der Waals surface area contributed by atoms with E-state index >= 15 is 0 Å². The van der Waals surface area contributed by atoms with Crippen molar-refractivity contribution in [2.45, 2.75) is 57.7 Å². The van der Waals surface area contributed by atoms with Gasteiger partial charge >= 0.3 is 0 Å². The number of carbonyl (C=O) groups is 4. The summed E-state index contributed by atoms with van der Waals surface area (Å²) in [6.45, 7) is 3.53. The van der Waals surface area contributed by atoms with Crippen LogP contribution in [0.1, 0.15) is 49.0 Å². The Morgan fingerprint density at radius 2 is 1.61 bits per heavy atom. The third-order valence-corrected chi connectivity index (χ3v) is 5.38. The van der Waals surface area contributed by atoms with Gasteiger partial charge in [-0.25, -0.2) is 0 Å². The van der Waals surface area contributed by atoms with E-state index in [0.717, 1.165) is 18.4 Å². The van der Waals surface area contributed by atoms with Crippen molar-refractivity contribution in [1.82, 2.24) is 16.0 Å². The second-order valence-electron chi connectivity index (χ2n) is 7.85. The molecule has 0 saturated heterocycles. The highest BCUT2D eigenvalue weighted by atomic mass is 35.5. The minimum Gasteiger partial charge on any atom is -0.345 e. The van der Waals surface area contributed by atoms with Crippen molar-refractivity contribution in [2.24, 2.45) is 0 Å². The Bertz CT molecular complexity index is 934. The van der Waals surface area contributed by atoms with Gasteiger partial charge in [0.2, 0.25) is 11.8 Å². The van der Waals surface area contributed by atoms with Gasteiger partial charge in [-0.3, -0.25) is 14.4 Å². The SMILES string of the molecule is CCCCC(C=O)NC(=O)C(C)NC(=O)C(Cc1ccc(Cl)cc1)NC(=O)c1ccccc1. The van der Waals surface area contributed by atoms with Gasteiger partial charge in [-0.2, -0.15) is 0 Å². The zero-order valence-electron chi connectivity index (χ0n) is 18.8. The zero-order valence-corrected chi connectivity index (χ0v) is 19.6. The van der Waals surface area contributed by atoms with Crippen molar-refractivity contribution in [3.05, 3.63) is 70.7 Å². The molecule has 8 heteroatoms. The number of carbonyl (C=O) groups excluding carboxylic acids is 4. The van der Waals surface area contributed by atoms with Crippen LogP contribution in [-0.2, 0) is 20.8 Å². The molecule has 3 amide bonds. The van der Waals surface area contributed by atoms with E-state index in [0.29, 0.717) is 23.3 Å². The van der Waals surface area contributed by atoms with Crippen molar-refractivity contribution in [1.29, 1.82) is 0 Å². The number of amides is 3. The first kappa shape index (κ1) is 26.1. The van der Waals surface area contributed by atoms with E-state index in [9.17, 15) is 19.2 Å². The molecule has 3 unspecified atom stereocenters. The van der Waals surface area contributed by atoms with E-state index in [-0.39, 0.29) is 6.42 Å². The van der Waals surface area contributed by atoms with Gasteiger partial charge in [-0.1, -0.05) is 61.7 Å². The van der Waals surface area contributed by atoms with E-state index in [1.165, 1.54) is 6.92 Å². The molecule has 0 aliphatic heterocycles. The van der Waals surface area contributed by atoms with Gasteiger partial charge in [0.25, 0.3) is 5.91 Å². The number of nitrogens with one attached hydrogen (secondary N) is 3. The van der Waals surface area contributed by atoms with Crippen LogP contribution in [0.4, 0.5) is 0 Å². The molecule has 7 nitrogen and oxygen atoms in total. The van der Waals surface area contributed by atoms with Crippen LogP contribution < -0.4 is 16.0 Å². The van der Waals surface area contributed by atoms with E-state index in [1.807, 2.05) is 6.92 Å². The molecule has 2 rings (SSSR count). The summed E-state index contributed by atoms with van der Waals surface area (Å²) in [6.07, 6.45) is 3.16. The molecule has 0 spiro atoms. The molecule has 3 N–H and O–H groups in total. The number of hydrogen-bond acceptors (Lipinski definition) is 4. The van der Waals surface area contributed by atoms with Gasteiger partial charge in [0, 0.05) is 17.0 Å². The Kier molecular flexibility index (Phi) is 10.6. The van der Waals surface area contributed by atoms with Crippen molar-refractivity contribution < 1.29 is 19.2 Å². The van der Waals surface area contributed by atoms with Crippen molar-refractivity contribution in [3.63, 3.8) is 0 Å². The lowest BCUT2D eigenvalue weighted by atomic mass is 10.0. The van der Waals surface area contributed by atoms with Crippen molar-refractivity contribution >= 4 is 35.6 Å². The molecule has 0 aliphatic rings. The highest BCUT2D eigenvalue weighted by Crippen LogP contribution is 2.12. The van der Waals surface area contributed by atoms with Crippen LogP contribution in [0.2, 0.25) is 5.02 Å². The normalized spacial score (nSPS) is 13.3. The smallest absolute Gasteiger partial charge is 0.251 e. The van der Waals surface area contributed by atoms with Gasteiger partial charge in [-0.05, 0) is 43.2 Å². The molecule has 2 aromatic rings. The fourth-order valence-electron chi connectivity index (χ4n) is 3.18. The summed E-state index contributed by atoms with van der Waals surface area (Å²) in [5.41, 5.74) is 1.22. The summed E-state index contributed by atoms with van der Waals surface area (Å²) in [6, 6.07) is 13.1. The molecule has 3 atom stereocenters. The Morgan fingerprint density at radius 3 is 2.21 bits per heavy atom. The monoisotopic (exact) mass is 471 g/mol. The largest absolute Gasteiger partial charge is 0.345 e. The molecule has 2 aromatic carbocycles. The molecular weight excluding hydrogens is 442 g/mol. The predicted octanol–water partition coefficient (Wildman–Crippen LogP) is 3.06. The van der Waals surface area contributed by atoms with Gasteiger partial charge < -0.3 is 20.7 Å². The molecule has 0 saturated carbocycles. The Labute approximate surface area is 199 Å². The first-order valence-electron chi connectivity index (χ1n) is 11.0. The van der Waals surface area contributed by atoms with Gasteiger partial charge in [-0.15, -0.1) is 0 Å². The van der Waals surface area contributed by atoms with Gasteiger partial charge in [0.1, 0.15) is 18.4 Å². The topological polar surface area (TPSA) is 104 Å². The molecule has 0 bridgehead atoms. The number of aldehydes is 1. The average Bonchev–Trinajstić information content (AvgIpc) is 2.82. The maximum Gasteiger partial charge on any atom is 0.251 e. The summed E-state index contributed by atoms with van der Waals surface area (Å²) in [5.74, 6) is -1.37. The average molecular weight is 472 g/mol. The fraction of sp³-hybridized carbons (Fsp3) is 0.360. The molecule has 176 valence electrons. The highest BCUT2D eigenvalue weighted by molar-refractivity contribution is 6.30. The molecular formula is C25H30ClN3O4. The zero-order chi connectivity index (χ0) is 24.2. The van der Waals surface area contributed by atoms with Crippen LogP contribution in [0.3, 0.4) is 0 Å². The van der Waals surface area contributed by atoms with E-state index in [1.54, 1.807) is 54.6 Å². The lowest BCUT2D eigenvalue weighted by Gasteiger charge is -2.22. The second kappa shape index (κ2) is 13.4. The molecule has 0 heterocycles. The molecule has 0 aliphatic carbocycles. The molecule has 0 radical (unpaired) electrons. The Hall–Kier alpha value is -3.19. The van der Waals surface area contributed by atoms with Crippen molar-refractivity contribution in [3.8, 4) is 0 Å². The summed E-state index contributed by atoms with van der Waals surface area (Å²) < 4.78 is 0. The van der Waals surface area contributed by atoms with Crippen LogP contribution in [0, 0.1) is 0 Å². The van der Waals surface area contributed by atoms with Crippen LogP contribution in [0.25, 0.3) is 0 Å². The van der Waals surface area contributed by atoms with Crippen LogP contribution in [-0.4, -0.2) is 42.1 Å². The second-order valence-corrected chi connectivity index (χ2v) is 8.28. The number of unbranched alkanes of at least 4 members (excludes halogenated alkanes) is 1. The fourth-order valence-corrected chi connectivity index (χ4v) is 3.31. The number of benzene rings is 2. The van der Waals surface area contributed by atoms with Gasteiger partial charge in [0.15, 0.2) is 0 Å². The summed E-state index contributed by atoms with van der Waals surface area (Å²) in [7, 11) is 0. The standard InChI is InChI=1S/C25H30ClN3O4/c1-3-4-10-21(16-30)28-23(31)17(2)27-25(33)22(15-18-11-13-20(26)14-12-18)29-24(32)19-8-6-5-7-9-19/h5-9,11-14,16-17,21-22H,3-4,10,15H2,1-2H3,(H,27,33)(H,28,31)(H,29,32). The van der Waals surface area contributed by atoms with Crippen LogP contribution in [0.5, 0.6) is 0 Å². The Morgan fingerprint density at radius 1 is 0.939 bits per heavy atom. The van der Waals surface area contributed by atoms with E-state index in [2.05, 4.69) is 16.0 Å². The quantitative estimate of drug-likeness (QED) is 0.414. The summed E-state index contributed by atoms with van der Waals surface area (Å²) in [4.78, 5) is 49.4. The number of hydrogen-bond donors (Lipinski definition) is 3. The minimum atomic E-state index is -0.920. The first-order chi connectivity index (χ1) is 15.8. The lowest BCUT2D eigenvalue weighted by Crippen LogP contribution is -2.54. The summed E-state index contributed by atoms with van der Waals surface area (Å²) in [5, 5.41) is 8.60. The maximum atomic E-state index is 13.0. The Balaban J connectivity index is 2.09. The number of halogens is 1. The van der Waals surface area contributed by atoms with Crippen molar-refractivity contribution in [2.75, 3.05) is 0 Å². The lowest BCUT2D eigenvalue weighted by molar-refractivity contribution is -0.130. The molecule has 33 heavy (non-hydrogen) atoms. The van der Waals surface area contributed by atoms with Crippen LogP contribution >= 0.6 is 11.6 Å². The van der Waals surface area contributed by atoms with Gasteiger partial charge in [0.05, 0.1) is 6.04 Å². The molecule has 0 fully saturated rings. The summed E-state index contributed by atoms with van der Waals surface area (Å²) >= 11 is 5.95. The number of rotatable bonds is 12. The van der Waals surface area contributed by atoms with Crippen LogP contribution in [0.15, 0.2) is 54.6 Å². The maximum absolute atomic E-state index is 13.0. The third kappa shape index (κ3) is 8.69. The molecule has 0 aromatic heterocycles. The minimum absolute atomic E-state index is 0.212.